The van der Waals surface area contributed by atoms with Crippen LogP contribution in [0.2, 0.25) is 0 Å². The minimum atomic E-state index is -0.502. The Hall–Kier alpha value is -1.30. The molecule has 1 rings (SSSR count). The number of likely N-dealkylation sites (tertiary alicyclic amines) is 1. The van der Waals surface area contributed by atoms with E-state index in [-0.39, 0.29) is 24.0 Å². The standard InChI is InChI=1S/C14H26N2O4/c1-14(2,3)20-13(18)16-8-7-11(15)10(9-16)5-6-12(17)19-4/h10-11H,5-9,15H2,1-4H3/t10-,11-/m0/s1. The first kappa shape index (κ1) is 16.8. The van der Waals surface area contributed by atoms with Crippen LogP contribution in [0.1, 0.15) is 40.0 Å². The fourth-order valence-corrected chi connectivity index (χ4v) is 2.25. The fraction of sp³-hybridized carbons (Fsp3) is 0.857. The number of hydrogen-bond acceptors (Lipinski definition) is 5. The number of nitrogens with two attached hydrogens (primary N) is 1. The van der Waals surface area contributed by atoms with E-state index in [1.165, 1.54) is 7.11 Å². The lowest BCUT2D eigenvalue weighted by molar-refractivity contribution is -0.141. The van der Waals surface area contributed by atoms with Gasteiger partial charge in [0.1, 0.15) is 5.60 Å². The van der Waals surface area contributed by atoms with Crippen LogP contribution in [0, 0.1) is 5.92 Å². The van der Waals surface area contributed by atoms with Gasteiger partial charge in [-0.25, -0.2) is 4.79 Å². The van der Waals surface area contributed by atoms with Gasteiger partial charge < -0.3 is 20.1 Å². The maximum absolute atomic E-state index is 12.0. The molecule has 0 aliphatic carbocycles. The van der Waals surface area contributed by atoms with Gasteiger partial charge in [-0.2, -0.15) is 0 Å². The molecule has 1 aliphatic heterocycles. The van der Waals surface area contributed by atoms with Crippen molar-refractivity contribution in [3.63, 3.8) is 0 Å². The molecule has 2 N–H and O–H groups in total. The highest BCUT2D eigenvalue weighted by Gasteiger charge is 2.31. The van der Waals surface area contributed by atoms with E-state index in [1.54, 1.807) is 4.90 Å². The van der Waals surface area contributed by atoms with Gasteiger partial charge in [-0.1, -0.05) is 0 Å². The SMILES string of the molecule is COC(=O)CC[C@H]1CN(C(=O)OC(C)(C)C)CC[C@@H]1N. The van der Waals surface area contributed by atoms with Crippen molar-refractivity contribution in [2.24, 2.45) is 11.7 Å². The Labute approximate surface area is 120 Å². The predicted octanol–water partition coefficient (Wildman–Crippen LogP) is 1.52. The third-order valence-corrected chi connectivity index (χ3v) is 3.39. The molecule has 1 aliphatic rings. The molecule has 1 amide bonds. The first-order valence-corrected chi connectivity index (χ1v) is 7.03. The lowest BCUT2D eigenvalue weighted by Crippen LogP contribution is -2.50. The molecule has 0 aromatic heterocycles. The largest absolute Gasteiger partial charge is 0.469 e. The summed E-state index contributed by atoms with van der Waals surface area (Å²) in [6.45, 7) is 6.66. The molecule has 0 radical (unpaired) electrons. The predicted molar refractivity (Wildman–Crippen MR) is 75.1 cm³/mol. The van der Waals surface area contributed by atoms with Gasteiger partial charge in [0, 0.05) is 25.6 Å². The monoisotopic (exact) mass is 286 g/mol. The van der Waals surface area contributed by atoms with E-state index < -0.39 is 5.60 Å². The van der Waals surface area contributed by atoms with E-state index in [2.05, 4.69) is 4.74 Å². The molecule has 116 valence electrons. The molecule has 0 aromatic carbocycles. The van der Waals surface area contributed by atoms with E-state index >= 15 is 0 Å². The number of ether oxygens (including phenoxy) is 2. The summed E-state index contributed by atoms with van der Waals surface area (Å²) in [6.07, 6.45) is 1.38. The summed E-state index contributed by atoms with van der Waals surface area (Å²) in [4.78, 5) is 24.9. The Bertz CT molecular complexity index is 352. The van der Waals surface area contributed by atoms with Crippen LogP contribution in [0.25, 0.3) is 0 Å². The molecule has 0 unspecified atom stereocenters. The van der Waals surface area contributed by atoms with E-state index in [1.807, 2.05) is 20.8 Å². The van der Waals surface area contributed by atoms with Crippen LogP contribution in [0.3, 0.4) is 0 Å². The number of nitrogens with zero attached hydrogens (tertiary/aromatic N) is 1. The summed E-state index contributed by atoms with van der Waals surface area (Å²) >= 11 is 0. The van der Waals surface area contributed by atoms with Crippen molar-refractivity contribution in [2.75, 3.05) is 20.2 Å². The maximum Gasteiger partial charge on any atom is 0.410 e. The van der Waals surface area contributed by atoms with E-state index in [0.717, 1.165) is 6.42 Å². The molecule has 2 atom stereocenters. The van der Waals surface area contributed by atoms with Gasteiger partial charge in [-0.3, -0.25) is 4.79 Å². The third-order valence-electron chi connectivity index (χ3n) is 3.39. The van der Waals surface area contributed by atoms with Gasteiger partial charge >= 0.3 is 12.1 Å². The topological polar surface area (TPSA) is 81.9 Å². The molecular weight excluding hydrogens is 260 g/mol. The zero-order valence-corrected chi connectivity index (χ0v) is 12.8. The summed E-state index contributed by atoms with van der Waals surface area (Å²) in [7, 11) is 1.37. The summed E-state index contributed by atoms with van der Waals surface area (Å²) in [6, 6.07) is 0.0124. The lowest BCUT2D eigenvalue weighted by atomic mass is 9.89. The second kappa shape index (κ2) is 6.92. The summed E-state index contributed by atoms with van der Waals surface area (Å²) < 4.78 is 9.99. The summed E-state index contributed by atoms with van der Waals surface area (Å²) in [5.41, 5.74) is 5.56. The van der Waals surface area contributed by atoms with Crippen molar-refractivity contribution >= 4 is 12.1 Å². The number of amides is 1. The van der Waals surface area contributed by atoms with Crippen LogP contribution in [0.5, 0.6) is 0 Å². The Balaban J connectivity index is 2.52. The van der Waals surface area contributed by atoms with Crippen molar-refractivity contribution in [1.29, 1.82) is 0 Å². The van der Waals surface area contributed by atoms with Crippen molar-refractivity contribution < 1.29 is 19.1 Å². The van der Waals surface area contributed by atoms with Gasteiger partial charge in [0.15, 0.2) is 0 Å². The van der Waals surface area contributed by atoms with Crippen molar-refractivity contribution in [3.05, 3.63) is 0 Å². The summed E-state index contributed by atoms with van der Waals surface area (Å²) in [5.74, 6) is -0.137. The number of piperidine rings is 1. The van der Waals surface area contributed by atoms with Gasteiger partial charge in [0.05, 0.1) is 7.11 Å². The minimum Gasteiger partial charge on any atom is -0.469 e. The van der Waals surface area contributed by atoms with E-state index in [9.17, 15) is 9.59 Å². The molecule has 0 spiro atoms. The highest BCUT2D eigenvalue weighted by atomic mass is 16.6. The number of carbonyl (C=O) groups excluding carboxylic acids is 2. The Morgan fingerprint density at radius 2 is 2.00 bits per heavy atom. The molecule has 6 nitrogen and oxygen atoms in total. The normalized spacial score (nSPS) is 23.4. The Morgan fingerprint density at radius 1 is 1.35 bits per heavy atom. The highest BCUT2D eigenvalue weighted by Crippen LogP contribution is 2.22. The molecule has 1 saturated heterocycles. The van der Waals surface area contributed by atoms with Crippen molar-refractivity contribution in [3.8, 4) is 0 Å². The van der Waals surface area contributed by atoms with Gasteiger partial charge in [-0.15, -0.1) is 0 Å². The first-order chi connectivity index (χ1) is 9.23. The Kier molecular flexibility index (Phi) is 5.80. The van der Waals surface area contributed by atoms with Crippen LogP contribution in [-0.2, 0) is 14.3 Å². The third kappa shape index (κ3) is 5.36. The van der Waals surface area contributed by atoms with Gasteiger partial charge in [0.2, 0.25) is 0 Å². The second-order valence-electron chi connectivity index (χ2n) is 6.25. The number of esters is 1. The van der Waals surface area contributed by atoms with E-state index in [0.29, 0.717) is 25.9 Å². The zero-order valence-electron chi connectivity index (χ0n) is 12.8. The van der Waals surface area contributed by atoms with Gasteiger partial charge in [0.25, 0.3) is 0 Å². The summed E-state index contributed by atoms with van der Waals surface area (Å²) in [5, 5.41) is 0. The number of rotatable bonds is 3. The lowest BCUT2D eigenvalue weighted by Gasteiger charge is -2.37. The first-order valence-electron chi connectivity index (χ1n) is 7.03. The molecule has 0 aromatic rings. The average molecular weight is 286 g/mol. The molecular formula is C14H26N2O4. The van der Waals surface area contributed by atoms with Crippen LogP contribution < -0.4 is 5.73 Å². The molecule has 1 heterocycles. The highest BCUT2D eigenvalue weighted by molar-refractivity contribution is 5.69. The number of methoxy groups -OCH3 is 1. The number of carbonyl (C=O) groups is 2. The fourth-order valence-electron chi connectivity index (χ4n) is 2.25. The quantitative estimate of drug-likeness (QED) is 0.795. The van der Waals surface area contributed by atoms with Crippen molar-refractivity contribution in [2.45, 2.75) is 51.7 Å². The molecule has 6 heteroatoms. The van der Waals surface area contributed by atoms with Crippen LogP contribution >= 0.6 is 0 Å². The maximum atomic E-state index is 12.0. The van der Waals surface area contributed by atoms with Crippen LogP contribution in [0.15, 0.2) is 0 Å². The molecule has 0 saturated carbocycles. The number of hydrogen-bond donors (Lipinski definition) is 1. The average Bonchev–Trinajstić information content (AvgIpc) is 2.35. The van der Waals surface area contributed by atoms with Crippen molar-refractivity contribution in [1.82, 2.24) is 4.90 Å². The minimum absolute atomic E-state index is 0.0124. The second-order valence-corrected chi connectivity index (χ2v) is 6.25. The van der Waals surface area contributed by atoms with E-state index in [4.69, 9.17) is 10.5 Å². The zero-order chi connectivity index (χ0) is 15.3. The van der Waals surface area contributed by atoms with Crippen LogP contribution in [0.4, 0.5) is 4.79 Å². The molecule has 0 bridgehead atoms. The van der Waals surface area contributed by atoms with Gasteiger partial charge in [-0.05, 0) is 39.5 Å². The smallest absolute Gasteiger partial charge is 0.410 e. The molecule has 20 heavy (non-hydrogen) atoms. The Morgan fingerprint density at radius 3 is 2.55 bits per heavy atom. The van der Waals surface area contributed by atoms with Crippen LogP contribution in [-0.4, -0.2) is 48.8 Å². The molecule has 1 fully saturated rings.